The maximum Gasteiger partial charge on any atom is 0.304 e. The Kier molecular flexibility index (Phi) is 5.12. The van der Waals surface area contributed by atoms with Crippen molar-refractivity contribution in [2.24, 2.45) is 5.92 Å². The quantitative estimate of drug-likeness (QED) is 0.827. The first-order valence-electron chi connectivity index (χ1n) is 6.82. The maximum absolute atomic E-state index is 12.2. The van der Waals surface area contributed by atoms with Gasteiger partial charge >= 0.3 is 5.97 Å². The molecule has 20 heavy (non-hydrogen) atoms. The lowest BCUT2D eigenvalue weighted by atomic mass is 9.95. The van der Waals surface area contributed by atoms with E-state index < -0.39 is 11.9 Å². The molecule has 1 fully saturated rings. The average molecular weight is 277 g/mol. The molecule has 0 unspecified atom stereocenters. The second-order valence-electron chi connectivity index (χ2n) is 4.96. The van der Waals surface area contributed by atoms with Gasteiger partial charge in [0.05, 0.1) is 18.4 Å². The van der Waals surface area contributed by atoms with Crippen molar-refractivity contribution in [1.82, 2.24) is 5.32 Å². The Labute approximate surface area is 117 Å². The summed E-state index contributed by atoms with van der Waals surface area (Å²) >= 11 is 0. The number of hydrogen-bond acceptors (Lipinski definition) is 3. The van der Waals surface area contributed by atoms with Gasteiger partial charge < -0.3 is 15.2 Å². The van der Waals surface area contributed by atoms with Crippen molar-refractivity contribution < 1.29 is 19.4 Å². The van der Waals surface area contributed by atoms with Crippen LogP contribution in [0, 0.1) is 5.92 Å². The van der Waals surface area contributed by atoms with Crippen molar-refractivity contribution in [1.29, 1.82) is 0 Å². The number of benzene rings is 1. The molecule has 2 N–H and O–H groups in total. The third-order valence-corrected chi connectivity index (χ3v) is 3.45. The number of carboxylic acid groups (broad SMARTS) is 1. The van der Waals surface area contributed by atoms with Crippen LogP contribution in [0.15, 0.2) is 30.3 Å². The highest BCUT2D eigenvalue weighted by molar-refractivity contribution is 5.83. The number of hydrogen-bond donors (Lipinski definition) is 2. The standard InChI is InChI=1S/C15H19NO4/c17-14(18)9-12(13-7-4-8-20-13)15(19)16-10-11-5-2-1-3-6-11/h1-3,5-6,12-13H,4,7-10H2,(H,16,19)(H,17,18)/t12-,13+/m0/s1. The van der Waals surface area contributed by atoms with Gasteiger partial charge in [-0.15, -0.1) is 0 Å². The largest absolute Gasteiger partial charge is 0.481 e. The Hall–Kier alpha value is -1.88. The highest BCUT2D eigenvalue weighted by atomic mass is 16.5. The lowest BCUT2D eigenvalue weighted by Crippen LogP contribution is -2.38. The van der Waals surface area contributed by atoms with Crippen LogP contribution in [-0.2, 0) is 20.9 Å². The Morgan fingerprint density at radius 2 is 2.10 bits per heavy atom. The molecule has 1 aliphatic rings. The molecule has 1 aliphatic heterocycles. The Morgan fingerprint density at radius 1 is 1.35 bits per heavy atom. The van der Waals surface area contributed by atoms with Crippen LogP contribution >= 0.6 is 0 Å². The van der Waals surface area contributed by atoms with Gasteiger partial charge in [0.1, 0.15) is 0 Å². The minimum Gasteiger partial charge on any atom is -0.481 e. The van der Waals surface area contributed by atoms with Crippen molar-refractivity contribution in [2.75, 3.05) is 6.61 Å². The molecule has 0 aromatic heterocycles. The lowest BCUT2D eigenvalue weighted by Gasteiger charge is -2.20. The van der Waals surface area contributed by atoms with Crippen molar-refractivity contribution in [3.05, 3.63) is 35.9 Å². The SMILES string of the molecule is O=C(O)C[C@H](C(=O)NCc1ccccc1)[C@H]1CCCO1. The van der Waals surface area contributed by atoms with E-state index >= 15 is 0 Å². The third-order valence-electron chi connectivity index (χ3n) is 3.45. The van der Waals surface area contributed by atoms with Crippen molar-refractivity contribution >= 4 is 11.9 Å². The van der Waals surface area contributed by atoms with Crippen LogP contribution in [0.2, 0.25) is 0 Å². The van der Waals surface area contributed by atoms with Crippen molar-refractivity contribution in [3.63, 3.8) is 0 Å². The molecule has 5 nitrogen and oxygen atoms in total. The van der Waals surface area contributed by atoms with Gasteiger partial charge in [-0.25, -0.2) is 0 Å². The highest BCUT2D eigenvalue weighted by Gasteiger charge is 2.33. The summed E-state index contributed by atoms with van der Waals surface area (Å²) in [5.74, 6) is -1.83. The summed E-state index contributed by atoms with van der Waals surface area (Å²) in [5, 5.41) is 11.7. The van der Waals surface area contributed by atoms with Crippen molar-refractivity contribution in [2.45, 2.75) is 31.9 Å². The molecule has 2 rings (SSSR count). The highest BCUT2D eigenvalue weighted by Crippen LogP contribution is 2.23. The minimum absolute atomic E-state index is 0.189. The van der Waals surface area contributed by atoms with Crippen LogP contribution in [0.4, 0.5) is 0 Å². The van der Waals surface area contributed by atoms with Gasteiger partial charge in [-0.05, 0) is 18.4 Å². The van der Waals surface area contributed by atoms with E-state index in [-0.39, 0.29) is 18.4 Å². The fourth-order valence-corrected chi connectivity index (χ4v) is 2.42. The molecule has 1 saturated heterocycles. The predicted molar refractivity (Wildman–Crippen MR) is 73.0 cm³/mol. The third kappa shape index (κ3) is 4.06. The summed E-state index contributed by atoms with van der Waals surface area (Å²) < 4.78 is 5.46. The molecule has 1 aromatic carbocycles. The normalized spacial score (nSPS) is 19.5. The van der Waals surface area contributed by atoms with E-state index in [1.165, 1.54) is 0 Å². The molecule has 1 aromatic rings. The van der Waals surface area contributed by atoms with E-state index in [4.69, 9.17) is 9.84 Å². The fraction of sp³-hybridized carbons (Fsp3) is 0.467. The first-order valence-corrected chi connectivity index (χ1v) is 6.82. The number of nitrogens with one attached hydrogen (secondary N) is 1. The predicted octanol–water partition coefficient (Wildman–Crippen LogP) is 1.57. The van der Waals surface area contributed by atoms with Crippen LogP contribution in [0.3, 0.4) is 0 Å². The molecule has 108 valence electrons. The number of carbonyl (C=O) groups is 2. The van der Waals surface area contributed by atoms with Crippen molar-refractivity contribution in [3.8, 4) is 0 Å². The smallest absolute Gasteiger partial charge is 0.304 e. The molecular formula is C15H19NO4. The van der Waals surface area contributed by atoms with Gasteiger partial charge in [0.25, 0.3) is 0 Å². The summed E-state index contributed by atoms with van der Waals surface area (Å²) in [6.07, 6.45) is 1.16. The number of aliphatic carboxylic acids is 1. The van der Waals surface area contributed by atoms with Gasteiger partial charge in [0.15, 0.2) is 0 Å². The number of carbonyl (C=O) groups excluding carboxylic acids is 1. The average Bonchev–Trinajstić information content (AvgIpc) is 2.97. The van der Waals surface area contributed by atoms with E-state index in [1.807, 2.05) is 30.3 Å². The molecule has 0 radical (unpaired) electrons. The van der Waals surface area contributed by atoms with E-state index in [9.17, 15) is 9.59 Å². The first kappa shape index (κ1) is 14.5. The Morgan fingerprint density at radius 3 is 2.70 bits per heavy atom. The van der Waals surface area contributed by atoms with Crippen LogP contribution < -0.4 is 5.32 Å². The van der Waals surface area contributed by atoms with E-state index in [0.717, 1.165) is 18.4 Å². The number of carboxylic acids is 1. The molecule has 2 atom stereocenters. The van der Waals surface area contributed by atoms with Gasteiger partial charge in [-0.1, -0.05) is 30.3 Å². The molecule has 1 amide bonds. The molecule has 0 bridgehead atoms. The first-order chi connectivity index (χ1) is 9.66. The Balaban J connectivity index is 1.93. The zero-order valence-electron chi connectivity index (χ0n) is 11.2. The number of ether oxygens (including phenoxy) is 1. The number of amides is 1. The Bertz CT molecular complexity index is 454. The lowest BCUT2D eigenvalue weighted by molar-refractivity contribution is -0.144. The minimum atomic E-state index is -0.972. The molecule has 1 heterocycles. The van der Waals surface area contributed by atoms with Gasteiger partial charge in [-0.2, -0.15) is 0 Å². The molecule has 0 aliphatic carbocycles. The topological polar surface area (TPSA) is 75.6 Å². The molecule has 0 saturated carbocycles. The maximum atomic E-state index is 12.2. The van der Waals surface area contributed by atoms with Crippen LogP contribution in [0.25, 0.3) is 0 Å². The monoisotopic (exact) mass is 277 g/mol. The second kappa shape index (κ2) is 7.05. The van der Waals surface area contributed by atoms with E-state index in [1.54, 1.807) is 0 Å². The summed E-state index contributed by atoms with van der Waals surface area (Å²) in [7, 11) is 0. The van der Waals surface area contributed by atoms with Gasteiger partial charge in [-0.3, -0.25) is 9.59 Å². The molecular weight excluding hydrogens is 258 g/mol. The summed E-state index contributed by atoms with van der Waals surface area (Å²) in [4.78, 5) is 23.1. The number of rotatable bonds is 6. The summed E-state index contributed by atoms with van der Waals surface area (Å²) in [5.41, 5.74) is 0.988. The van der Waals surface area contributed by atoms with Gasteiger partial charge in [0, 0.05) is 13.2 Å². The van der Waals surface area contributed by atoms with Crippen LogP contribution in [0.5, 0.6) is 0 Å². The second-order valence-corrected chi connectivity index (χ2v) is 4.96. The molecule has 0 spiro atoms. The van der Waals surface area contributed by atoms with Crippen LogP contribution in [-0.4, -0.2) is 29.7 Å². The van der Waals surface area contributed by atoms with E-state index in [0.29, 0.717) is 13.2 Å². The van der Waals surface area contributed by atoms with E-state index in [2.05, 4.69) is 5.32 Å². The fourth-order valence-electron chi connectivity index (χ4n) is 2.42. The van der Waals surface area contributed by atoms with Crippen LogP contribution in [0.1, 0.15) is 24.8 Å². The summed E-state index contributed by atoms with van der Waals surface area (Å²) in [6.45, 7) is 1.01. The summed E-state index contributed by atoms with van der Waals surface area (Å²) in [6, 6.07) is 9.54. The van der Waals surface area contributed by atoms with Gasteiger partial charge in [0.2, 0.25) is 5.91 Å². The zero-order valence-corrected chi connectivity index (χ0v) is 11.2. The zero-order chi connectivity index (χ0) is 14.4. The molecule has 5 heteroatoms.